The number of rotatable bonds is 9. The van der Waals surface area contributed by atoms with Gasteiger partial charge in [-0.05, 0) is 45.7 Å². The van der Waals surface area contributed by atoms with Crippen LogP contribution in [0.15, 0.2) is 12.1 Å². The first kappa shape index (κ1) is 24.1. The predicted molar refractivity (Wildman–Crippen MR) is 106 cm³/mol. The van der Waals surface area contributed by atoms with E-state index in [2.05, 4.69) is 15.4 Å². The van der Waals surface area contributed by atoms with Gasteiger partial charge in [0.15, 0.2) is 0 Å². The number of amides is 2. The van der Waals surface area contributed by atoms with E-state index in [9.17, 15) is 24.6 Å². The van der Waals surface area contributed by atoms with Crippen molar-refractivity contribution in [1.29, 1.82) is 0 Å². The summed E-state index contributed by atoms with van der Waals surface area (Å²) in [5, 5.41) is 25.1. The molecule has 9 heteroatoms. The third-order valence-corrected chi connectivity index (χ3v) is 3.85. The number of hydrogen-bond acceptors (Lipinski definition) is 7. The van der Waals surface area contributed by atoms with Crippen molar-refractivity contribution in [3.63, 3.8) is 0 Å². The molecule has 0 atom stereocenters. The second kappa shape index (κ2) is 11.1. The van der Waals surface area contributed by atoms with Crippen molar-refractivity contribution in [2.75, 3.05) is 13.7 Å². The first-order valence-electron chi connectivity index (χ1n) is 9.41. The van der Waals surface area contributed by atoms with Gasteiger partial charge in [0.2, 0.25) is 5.91 Å². The monoisotopic (exact) mass is 410 g/mol. The molecule has 0 heterocycles. The second-order valence-electron chi connectivity index (χ2n) is 7.48. The van der Waals surface area contributed by atoms with E-state index in [1.165, 1.54) is 12.1 Å². The second-order valence-corrected chi connectivity index (χ2v) is 7.48. The molecule has 0 aliphatic carbocycles. The van der Waals surface area contributed by atoms with Gasteiger partial charge in [0.05, 0.1) is 7.11 Å². The molecule has 0 saturated heterocycles. The molecule has 1 aromatic carbocycles. The number of nitrogens with one attached hydrogen (secondary N) is 2. The molecule has 0 aliphatic rings. The zero-order valence-corrected chi connectivity index (χ0v) is 17.3. The van der Waals surface area contributed by atoms with Gasteiger partial charge in [-0.25, -0.2) is 9.59 Å². The normalized spacial score (nSPS) is 10.9. The molecule has 1 rings (SSSR count). The SMILES string of the molecule is COC(=O)c1c(O)ccc(CNC(=O)CCCCCNC(=O)OC(C)(C)C)c1O. The minimum Gasteiger partial charge on any atom is -0.507 e. The summed E-state index contributed by atoms with van der Waals surface area (Å²) >= 11 is 0. The number of hydrogen-bond donors (Lipinski definition) is 4. The molecule has 0 saturated carbocycles. The highest BCUT2D eigenvalue weighted by Gasteiger charge is 2.20. The van der Waals surface area contributed by atoms with Crippen molar-refractivity contribution in [2.24, 2.45) is 0 Å². The maximum absolute atomic E-state index is 11.9. The molecular weight excluding hydrogens is 380 g/mol. The number of esters is 1. The largest absolute Gasteiger partial charge is 0.507 e. The average molecular weight is 410 g/mol. The van der Waals surface area contributed by atoms with Crippen LogP contribution in [-0.2, 0) is 20.8 Å². The maximum Gasteiger partial charge on any atom is 0.407 e. The molecule has 0 fully saturated rings. The number of benzene rings is 1. The number of alkyl carbamates (subject to hydrolysis) is 1. The van der Waals surface area contributed by atoms with Gasteiger partial charge in [0.1, 0.15) is 22.7 Å². The summed E-state index contributed by atoms with van der Waals surface area (Å²) in [4.78, 5) is 35.1. The van der Waals surface area contributed by atoms with E-state index >= 15 is 0 Å². The molecule has 2 amide bonds. The lowest BCUT2D eigenvalue weighted by Gasteiger charge is -2.19. The minimum absolute atomic E-state index is 0.00907. The lowest BCUT2D eigenvalue weighted by Crippen LogP contribution is -2.33. The van der Waals surface area contributed by atoms with E-state index in [1.807, 2.05) is 0 Å². The molecule has 162 valence electrons. The Labute approximate surface area is 170 Å². The predicted octanol–water partition coefficient (Wildman–Crippen LogP) is 2.59. The van der Waals surface area contributed by atoms with Gasteiger partial charge in [-0.1, -0.05) is 6.42 Å². The van der Waals surface area contributed by atoms with Gasteiger partial charge >= 0.3 is 12.1 Å². The Kier molecular flexibility index (Phi) is 9.24. The number of carbonyl (C=O) groups is 3. The fourth-order valence-corrected chi connectivity index (χ4v) is 2.44. The van der Waals surface area contributed by atoms with Crippen LogP contribution in [0.1, 0.15) is 62.4 Å². The fourth-order valence-electron chi connectivity index (χ4n) is 2.44. The van der Waals surface area contributed by atoms with Crippen LogP contribution in [0.4, 0.5) is 4.79 Å². The molecule has 0 radical (unpaired) electrons. The molecule has 0 spiro atoms. The van der Waals surface area contributed by atoms with Gasteiger partial charge in [0, 0.05) is 25.1 Å². The smallest absolute Gasteiger partial charge is 0.407 e. The Morgan fingerprint density at radius 1 is 1.03 bits per heavy atom. The summed E-state index contributed by atoms with van der Waals surface area (Å²) in [6.07, 6.45) is 1.93. The molecule has 0 aromatic heterocycles. The van der Waals surface area contributed by atoms with Gasteiger partial charge in [-0.2, -0.15) is 0 Å². The minimum atomic E-state index is -0.867. The van der Waals surface area contributed by atoms with Crippen LogP contribution in [0.5, 0.6) is 11.5 Å². The van der Waals surface area contributed by atoms with E-state index in [-0.39, 0.29) is 30.0 Å². The van der Waals surface area contributed by atoms with Crippen molar-refractivity contribution in [3.05, 3.63) is 23.3 Å². The van der Waals surface area contributed by atoms with E-state index in [0.29, 0.717) is 19.4 Å². The Bertz CT molecular complexity index is 726. The number of carbonyl (C=O) groups excluding carboxylic acids is 3. The van der Waals surface area contributed by atoms with Gasteiger partial charge in [0.25, 0.3) is 0 Å². The quantitative estimate of drug-likeness (QED) is 0.363. The molecule has 0 aliphatic heterocycles. The zero-order valence-electron chi connectivity index (χ0n) is 17.3. The van der Waals surface area contributed by atoms with Crippen LogP contribution in [0.25, 0.3) is 0 Å². The molecular formula is C20H30N2O7. The Morgan fingerprint density at radius 3 is 2.34 bits per heavy atom. The summed E-state index contributed by atoms with van der Waals surface area (Å²) < 4.78 is 9.65. The highest BCUT2D eigenvalue weighted by molar-refractivity contribution is 5.95. The summed E-state index contributed by atoms with van der Waals surface area (Å²) in [5.74, 6) is -1.90. The molecule has 9 nitrogen and oxygen atoms in total. The lowest BCUT2D eigenvalue weighted by molar-refractivity contribution is -0.121. The van der Waals surface area contributed by atoms with E-state index < -0.39 is 29.2 Å². The standard InChI is InChI=1S/C20H30N2O7/c1-20(2,3)29-19(27)21-11-7-5-6-8-15(24)22-12-13-9-10-14(23)16(17(13)25)18(26)28-4/h9-10,23,25H,5-8,11-12H2,1-4H3,(H,21,27)(H,22,24). The first-order chi connectivity index (χ1) is 13.5. The highest BCUT2D eigenvalue weighted by Crippen LogP contribution is 2.31. The number of unbranched alkanes of at least 4 members (excludes halogenated alkanes) is 2. The van der Waals surface area contributed by atoms with Crippen molar-refractivity contribution in [2.45, 2.75) is 58.6 Å². The number of ether oxygens (including phenoxy) is 2. The topological polar surface area (TPSA) is 134 Å². The Morgan fingerprint density at radius 2 is 1.72 bits per heavy atom. The molecule has 0 bridgehead atoms. The lowest BCUT2D eigenvalue weighted by atomic mass is 10.1. The van der Waals surface area contributed by atoms with Gasteiger partial charge < -0.3 is 30.3 Å². The number of phenolic OH excluding ortho intramolecular Hbond substituents is 2. The first-order valence-corrected chi connectivity index (χ1v) is 9.41. The van der Waals surface area contributed by atoms with Crippen LogP contribution < -0.4 is 10.6 Å². The average Bonchev–Trinajstić information content (AvgIpc) is 2.62. The van der Waals surface area contributed by atoms with Crippen LogP contribution in [0.2, 0.25) is 0 Å². The van der Waals surface area contributed by atoms with Crippen LogP contribution in [0.3, 0.4) is 0 Å². The van der Waals surface area contributed by atoms with Crippen molar-refractivity contribution in [3.8, 4) is 11.5 Å². The maximum atomic E-state index is 11.9. The molecule has 1 aromatic rings. The van der Waals surface area contributed by atoms with E-state index in [1.54, 1.807) is 20.8 Å². The van der Waals surface area contributed by atoms with Crippen molar-refractivity contribution < 1.29 is 34.1 Å². The summed E-state index contributed by atoms with van der Waals surface area (Å²) in [5.41, 5.74) is -0.582. The summed E-state index contributed by atoms with van der Waals surface area (Å²) in [6.45, 7) is 5.85. The van der Waals surface area contributed by atoms with Crippen LogP contribution in [-0.4, -0.2) is 47.4 Å². The Hall–Kier alpha value is -2.97. The third kappa shape index (κ3) is 8.71. The van der Waals surface area contributed by atoms with Crippen LogP contribution >= 0.6 is 0 Å². The summed E-state index contributed by atoms with van der Waals surface area (Å²) in [7, 11) is 1.14. The molecule has 29 heavy (non-hydrogen) atoms. The van der Waals surface area contributed by atoms with E-state index in [0.717, 1.165) is 13.5 Å². The van der Waals surface area contributed by atoms with E-state index in [4.69, 9.17) is 4.74 Å². The molecule has 4 N–H and O–H groups in total. The summed E-state index contributed by atoms with van der Waals surface area (Å²) in [6, 6.07) is 2.67. The molecule has 0 unspecified atom stereocenters. The van der Waals surface area contributed by atoms with Crippen molar-refractivity contribution in [1.82, 2.24) is 10.6 Å². The van der Waals surface area contributed by atoms with Gasteiger partial charge in [-0.15, -0.1) is 0 Å². The Balaban J connectivity index is 2.32. The highest BCUT2D eigenvalue weighted by atomic mass is 16.6. The number of methoxy groups -OCH3 is 1. The van der Waals surface area contributed by atoms with Crippen molar-refractivity contribution >= 4 is 18.0 Å². The number of aromatic hydroxyl groups is 2. The third-order valence-electron chi connectivity index (χ3n) is 3.85. The fraction of sp³-hybridized carbons (Fsp3) is 0.550. The van der Waals surface area contributed by atoms with Gasteiger partial charge in [-0.3, -0.25) is 4.79 Å². The number of phenols is 2. The zero-order chi connectivity index (χ0) is 22.0. The van der Waals surface area contributed by atoms with Crippen LogP contribution in [0, 0.1) is 0 Å².